The molecule has 0 saturated heterocycles. The van der Waals surface area contributed by atoms with Crippen molar-refractivity contribution in [2.45, 2.75) is 39.0 Å². The molecule has 0 aliphatic rings. The van der Waals surface area contributed by atoms with E-state index in [4.69, 9.17) is 5.73 Å². The number of rotatable bonds is 8. The molecule has 1 heterocycles. The zero-order valence-corrected chi connectivity index (χ0v) is 14.4. The van der Waals surface area contributed by atoms with E-state index < -0.39 is 5.82 Å². The third-order valence-corrected chi connectivity index (χ3v) is 3.44. The van der Waals surface area contributed by atoms with E-state index in [0.29, 0.717) is 24.5 Å². The molecular formula is C15H22ClFN6O. The Hall–Kier alpha value is -2.06. The molecule has 1 amide bonds. The first-order chi connectivity index (χ1) is 11.1. The normalized spacial score (nSPS) is 10.3. The van der Waals surface area contributed by atoms with Crippen molar-refractivity contribution in [1.29, 1.82) is 0 Å². The van der Waals surface area contributed by atoms with Crippen LogP contribution in [0.25, 0.3) is 5.69 Å². The summed E-state index contributed by atoms with van der Waals surface area (Å²) in [5, 5.41) is 13.7. The molecule has 132 valence electrons. The molecule has 0 bridgehead atoms. The van der Waals surface area contributed by atoms with Crippen LogP contribution in [-0.2, 0) is 4.79 Å². The number of nitrogens with two attached hydrogens (primary N) is 1. The monoisotopic (exact) mass is 356 g/mol. The van der Waals surface area contributed by atoms with Crippen LogP contribution >= 0.6 is 12.4 Å². The Labute approximate surface area is 146 Å². The van der Waals surface area contributed by atoms with E-state index in [1.54, 1.807) is 6.92 Å². The number of tetrazole rings is 1. The molecule has 0 aliphatic heterocycles. The van der Waals surface area contributed by atoms with Crippen molar-refractivity contribution in [2.75, 3.05) is 11.9 Å². The molecule has 0 aliphatic carbocycles. The predicted octanol–water partition coefficient (Wildman–Crippen LogP) is 2.38. The van der Waals surface area contributed by atoms with Gasteiger partial charge in [0.2, 0.25) is 5.91 Å². The molecular weight excluding hydrogens is 335 g/mol. The first-order valence-electron chi connectivity index (χ1n) is 7.66. The van der Waals surface area contributed by atoms with Gasteiger partial charge in [-0.05, 0) is 54.9 Å². The molecule has 7 nitrogen and oxygen atoms in total. The second-order valence-corrected chi connectivity index (χ2v) is 5.31. The van der Waals surface area contributed by atoms with E-state index in [2.05, 4.69) is 20.8 Å². The summed E-state index contributed by atoms with van der Waals surface area (Å²) in [6.45, 7) is 2.35. The van der Waals surface area contributed by atoms with Crippen molar-refractivity contribution in [3.8, 4) is 5.69 Å². The van der Waals surface area contributed by atoms with Gasteiger partial charge in [-0.25, -0.2) is 4.39 Å². The number of anilines is 1. The van der Waals surface area contributed by atoms with Crippen LogP contribution in [0.3, 0.4) is 0 Å². The van der Waals surface area contributed by atoms with Gasteiger partial charge in [-0.2, -0.15) is 4.68 Å². The van der Waals surface area contributed by atoms with Gasteiger partial charge < -0.3 is 11.1 Å². The maximum absolute atomic E-state index is 13.9. The molecule has 0 fully saturated rings. The number of halogens is 2. The Kier molecular flexibility index (Phi) is 8.28. The lowest BCUT2D eigenvalue weighted by atomic mass is 10.1. The summed E-state index contributed by atoms with van der Waals surface area (Å²) in [5.74, 6) is -0.0868. The van der Waals surface area contributed by atoms with Crippen LogP contribution in [0.15, 0.2) is 18.2 Å². The number of carbonyl (C=O) groups excluding carboxylic acids is 1. The molecule has 1 aromatic carbocycles. The fraction of sp³-hybridized carbons (Fsp3) is 0.467. The summed E-state index contributed by atoms with van der Waals surface area (Å²) in [6, 6.07) is 4.32. The van der Waals surface area contributed by atoms with E-state index in [-0.39, 0.29) is 24.0 Å². The highest BCUT2D eigenvalue weighted by atomic mass is 35.5. The maximum atomic E-state index is 13.9. The average molecular weight is 357 g/mol. The van der Waals surface area contributed by atoms with Crippen LogP contribution in [0.2, 0.25) is 0 Å². The van der Waals surface area contributed by atoms with Gasteiger partial charge in [-0.3, -0.25) is 4.79 Å². The first-order valence-corrected chi connectivity index (χ1v) is 7.66. The minimum atomic E-state index is -0.458. The van der Waals surface area contributed by atoms with Crippen molar-refractivity contribution in [3.05, 3.63) is 29.8 Å². The van der Waals surface area contributed by atoms with Crippen molar-refractivity contribution in [1.82, 2.24) is 20.2 Å². The minimum absolute atomic E-state index is 0. The molecule has 0 spiro atoms. The zero-order valence-electron chi connectivity index (χ0n) is 13.5. The van der Waals surface area contributed by atoms with E-state index in [1.165, 1.54) is 22.9 Å². The largest absolute Gasteiger partial charge is 0.330 e. The van der Waals surface area contributed by atoms with Gasteiger partial charge in [0.1, 0.15) is 11.5 Å². The number of aryl methyl sites for hydroxylation is 1. The number of amides is 1. The molecule has 0 atom stereocenters. The number of carbonyl (C=O) groups is 1. The Balaban J connectivity index is 0.00000288. The van der Waals surface area contributed by atoms with Gasteiger partial charge in [0.25, 0.3) is 0 Å². The SMILES string of the molecule is Cc1nnnn1-c1cc(NC(=O)CCCCCCN)ccc1F.Cl. The van der Waals surface area contributed by atoms with E-state index in [1.807, 2.05) is 0 Å². The zero-order chi connectivity index (χ0) is 16.7. The van der Waals surface area contributed by atoms with E-state index in [0.717, 1.165) is 25.7 Å². The average Bonchev–Trinajstić information content (AvgIpc) is 2.95. The number of benzene rings is 1. The molecule has 9 heteroatoms. The highest BCUT2D eigenvalue weighted by Gasteiger charge is 2.11. The van der Waals surface area contributed by atoms with Crippen LogP contribution in [0, 0.1) is 12.7 Å². The molecule has 2 rings (SSSR count). The summed E-state index contributed by atoms with van der Waals surface area (Å²) in [6.07, 6.45) is 4.23. The second kappa shape index (κ2) is 9.94. The van der Waals surface area contributed by atoms with Gasteiger partial charge in [0, 0.05) is 12.1 Å². The molecule has 3 N–H and O–H groups in total. The molecule has 0 radical (unpaired) electrons. The van der Waals surface area contributed by atoms with Crippen molar-refractivity contribution in [2.24, 2.45) is 5.73 Å². The van der Waals surface area contributed by atoms with E-state index in [9.17, 15) is 9.18 Å². The van der Waals surface area contributed by atoms with Crippen LogP contribution in [-0.4, -0.2) is 32.7 Å². The number of nitrogens with one attached hydrogen (secondary N) is 1. The third kappa shape index (κ3) is 5.54. The molecule has 24 heavy (non-hydrogen) atoms. The van der Waals surface area contributed by atoms with Gasteiger partial charge in [0.05, 0.1) is 0 Å². The molecule has 0 unspecified atom stereocenters. The van der Waals surface area contributed by atoms with Crippen molar-refractivity contribution < 1.29 is 9.18 Å². The second-order valence-electron chi connectivity index (χ2n) is 5.31. The number of aromatic nitrogens is 4. The lowest BCUT2D eigenvalue weighted by molar-refractivity contribution is -0.116. The summed E-state index contributed by atoms with van der Waals surface area (Å²) in [4.78, 5) is 11.9. The van der Waals surface area contributed by atoms with Gasteiger partial charge in [0.15, 0.2) is 5.82 Å². The smallest absolute Gasteiger partial charge is 0.224 e. The Morgan fingerprint density at radius 2 is 2.04 bits per heavy atom. The summed E-state index contributed by atoms with van der Waals surface area (Å²) in [7, 11) is 0. The van der Waals surface area contributed by atoms with Crippen LogP contribution in [0.1, 0.15) is 37.9 Å². The maximum Gasteiger partial charge on any atom is 0.224 e. The minimum Gasteiger partial charge on any atom is -0.330 e. The standard InChI is InChI=1S/C15H21FN6O.ClH/c1-11-19-20-21-22(11)14-10-12(7-8-13(14)16)18-15(23)6-4-2-3-5-9-17;/h7-8,10H,2-6,9,17H2,1H3,(H,18,23);1H. The summed E-state index contributed by atoms with van der Waals surface area (Å²) in [5.41, 5.74) is 6.14. The fourth-order valence-electron chi connectivity index (χ4n) is 2.21. The Morgan fingerprint density at radius 1 is 1.29 bits per heavy atom. The number of hydrogen-bond donors (Lipinski definition) is 2. The summed E-state index contributed by atoms with van der Waals surface area (Å²) >= 11 is 0. The highest BCUT2D eigenvalue weighted by molar-refractivity contribution is 5.90. The third-order valence-electron chi connectivity index (χ3n) is 3.44. The predicted molar refractivity (Wildman–Crippen MR) is 91.9 cm³/mol. The fourth-order valence-corrected chi connectivity index (χ4v) is 2.21. The first kappa shape index (κ1) is 20.0. The van der Waals surface area contributed by atoms with Gasteiger partial charge in [-0.15, -0.1) is 17.5 Å². The number of nitrogens with zero attached hydrogens (tertiary/aromatic N) is 4. The number of hydrogen-bond acceptors (Lipinski definition) is 5. The van der Waals surface area contributed by atoms with Crippen LogP contribution in [0.4, 0.5) is 10.1 Å². The summed E-state index contributed by atoms with van der Waals surface area (Å²) < 4.78 is 15.2. The van der Waals surface area contributed by atoms with Crippen molar-refractivity contribution >= 4 is 24.0 Å². The molecule has 0 saturated carbocycles. The molecule has 2 aromatic rings. The van der Waals surface area contributed by atoms with Crippen LogP contribution < -0.4 is 11.1 Å². The van der Waals surface area contributed by atoms with Crippen molar-refractivity contribution in [3.63, 3.8) is 0 Å². The van der Waals surface area contributed by atoms with Gasteiger partial charge >= 0.3 is 0 Å². The lowest BCUT2D eigenvalue weighted by Gasteiger charge is -2.09. The van der Waals surface area contributed by atoms with Crippen LogP contribution in [0.5, 0.6) is 0 Å². The number of unbranched alkanes of at least 4 members (excludes halogenated alkanes) is 3. The van der Waals surface area contributed by atoms with Gasteiger partial charge in [-0.1, -0.05) is 12.8 Å². The Bertz CT molecular complexity index is 663. The highest BCUT2D eigenvalue weighted by Crippen LogP contribution is 2.19. The molecule has 1 aromatic heterocycles. The van der Waals surface area contributed by atoms with E-state index >= 15 is 0 Å². The quantitative estimate of drug-likeness (QED) is 0.707. The lowest BCUT2D eigenvalue weighted by Crippen LogP contribution is -2.12. The Morgan fingerprint density at radius 3 is 2.71 bits per heavy atom. The topological polar surface area (TPSA) is 98.7 Å².